The summed E-state index contributed by atoms with van der Waals surface area (Å²) in [6.45, 7) is 0. The normalized spacial score (nSPS) is 17.9. The average molecular weight is 286 g/mol. The van der Waals surface area contributed by atoms with E-state index in [0.29, 0.717) is 12.8 Å². The highest BCUT2D eigenvalue weighted by atomic mass is 35.5. The Morgan fingerprint density at radius 2 is 2.11 bits per heavy atom. The molecular formula is C12H16ClN3O3. The van der Waals surface area contributed by atoms with Crippen molar-refractivity contribution in [3.63, 3.8) is 0 Å². The van der Waals surface area contributed by atoms with Crippen LogP contribution >= 0.6 is 11.6 Å². The molecule has 1 aliphatic rings. The fourth-order valence-electron chi connectivity index (χ4n) is 2.60. The summed E-state index contributed by atoms with van der Waals surface area (Å²) in [4.78, 5) is 23.1. The Bertz CT molecular complexity index is 480. The number of hydrogen-bond acceptors (Lipinski definition) is 3. The van der Waals surface area contributed by atoms with Gasteiger partial charge in [0.15, 0.2) is 0 Å². The molecule has 0 spiro atoms. The van der Waals surface area contributed by atoms with Gasteiger partial charge < -0.3 is 10.4 Å². The molecule has 0 aromatic carbocycles. The van der Waals surface area contributed by atoms with E-state index in [9.17, 15) is 9.59 Å². The van der Waals surface area contributed by atoms with Crippen molar-refractivity contribution in [3.8, 4) is 0 Å². The minimum atomic E-state index is -0.905. The van der Waals surface area contributed by atoms with Crippen LogP contribution in [0.2, 0.25) is 5.02 Å². The SMILES string of the molecule is O=C(O)CC1(NC(=O)c2[nH]ncc2Cl)CCCCC1. The van der Waals surface area contributed by atoms with Crippen LogP contribution in [0.4, 0.5) is 0 Å². The number of carboxylic acid groups (broad SMARTS) is 1. The first kappa shape index (κ1) is 13.9. The van der Waals surface area contributed by atoms with Gasteiger partial charge in [0.2, 0.25) is 0 Å². The van der Waals surface area contributed by atoms with E-state index in [4.69, 9.17) is 16.7 Å². The number of carbonyl (C=O) groups is 2. The predicted octanol–water partition coefficient (Wildman–Crippen LogP) is 1.97. The number of aromatic nitrogens is 2. The van der Waals surface area contributed by atoms with E-state index in [0.717, 1.165) is 19.3 Å². The van der Waals surface area contributed by atoms with Crippen LogP contribution in [0.3, 0.4) is 0 Å². The second-order valence-electron chi connectivity index (χ2n) is 4.96. The minimum Gasteiger partial charge on any atom is -0.481 e. The number of carbonyl (C=O) groups excluding carboxylic acids is 1. The fraction of sp³-hybridized carbons (Fsp3) is 0.583. The third kappa shape index (κ3) is 3.26. The molecule has 104 valence electrons. The fourth-order valence-corrected chi connectivity index (χ4v) is 2.77. The van der Waals surface area contributed by atoms with Gasteiger partial charge in [-0.2, -0.15) is 5.10 Å². The number of amides is 1. The van der Waals surface area contributed by atoms with Crippen molar-refractivity contribution in [2.24, 2.45) is 0 Å². The summed E-state index contributed by atoms with van der Waals surface area (Å²) in [5.41, 5.74) is -0.493. The highest BCUT2D eigenvalue weighted by Crippen LogP contribution is 2.31. The highest BCUT2D eigenvalue weighted by Gasteiger charge is 2.36. The van der Waals surface area contributed by atoms with Gasteiger partial charge in [-0.15, -0.1) is 0 Å². The Labute approximate surface area is 115 Å². The van der Waals surface area contributed by atoms with Crippen LogP contribution in [-0.2, 0) is 4.79 Å². The van der Waals surface area contributed by atoms with E-state index in [-0.39, 0.29) is 17.1 Å². The van der Waals surface area contributed by atoms with Crippen molar-refractivity contribution in [1.29, 1.82) is 0 Å². The van der Waals surface area contributed by atoms with E-state index in [1.165, 1.54) is 6.20 Å². The third-order valence-corrected chi connectivity index (χ3v) is 3.79. The lowest BCUT2D eigenvalue weighted by Crippen LogP contribution is -2.51. The number of nitrogens with one attached hydrogen (secondary N) is 2. The van der Waals surface area contributed by atoms with E-state index < -0.39 is 17.4 Å². The number of halogens is 1. The van der Waals surface area contributed by atoms with Crippen molar-refractivity contribution in [2.45, 2.75) is 44.1 Å². The van der Waals surface area contributed by atoms with Gasteiger partial charge >= 0.3 is 5.97 Å². The quantitative estimate of drug-likeness (QED) is 0.788. The first-order valence-electron chi connectivity index (χ1n) is 6.26. The van der Waals surface area contributed by atoms with Gasteiger partial charge in [-0.1, -0.05) is 30.9 Å². The Morgan fingerprint density at radius 3 is 2.63 bits per heavy atom. The summed E-state index contributed by atoms with van der Waals surface area (Å²) in [6.07, 6.45) is 5.55. The number of hydrogen-bond donors (Lipinski definition) is 3. The number of aliphatic carboxylic acids is 1. The summed E-state index contributed by atoms with van der Waals surface area (Å²) in [7, 11) is 0. The number of carboxylic acids is 1. The van der Waals surface area contributed by atoms with Crippen molar-refractivity contribution < 1.29 is 14.7 Å². The summed E-state index contributed by atoms with van der Waals surface area (Å²) in [6, 6.07) is 0. The van der Waals surface area contributed by atoms with Crippen molar-refractivity contribution >= 4 is 23.5 Å². The molecule has 1 amide bonds. The second-order valence-corrected chi connectivity index (χ2v) is 5.37. The smallest absolute Gasteiger partial charge is 0.305 e. The zero-order chi connectivity index (χ0) is 13.9. The number of rotatable bonds is 4. The van der Waals surface area contributed by atoms with E-state index in [1.54, 1.807) is 0 Å². The van der Waals surface area contributed by atoms with Crippen LogP contribution in [-0.4, -0.2) is 32.7 Å². The maximum absolute atomic E-state index is 12.1. The van der Waals surface area contributed by atoms with E-state index in [1.807, 2.05) is 0 Å². The van der Waals surface area contributed by atoms with Crippen LogP contribution in [0.1, 0.15) is 49.0 Å². The lowest BCUT2D eigenvalue weighted by atomic mass is 9.79. The lowest BCUT2D eigenvalue weighted by molar-refractivity contribution is -0.139. The van der Waals surface area contributed by atoms with Gasteiger partial charge in [0.25, 0.3) is 5.91 Å². The molecule has 0 radical (unpaired) electrons. The molecule has 1 aliphatic carbocycles. The lowest BCUT2D eigenvalue weighted by Gasteiger charge is -2.36. The topological polar surface area (TPSA) is 95.1 Å². The third-order valence-electron chi connectivity index (χ3n) is 3.50. The van der Waals surface area contributed by atoms with Crippen LogP contribution in [0.5, 0.6) is 0 Å². The molecule has 3 N–H and O–H groups in total. The average Bonchev–Trinajstić information content (AvgIpc) is 2.75. The zero-order valence-corrected chi connectivity index (χ0v) is 11.2. The van der Waals surface area contributed by atoms with E-state index in [2.05, 4.69) is 15.5 Å². The highest BCUT2D eigenvalue weighted by molar-refractivity contribution is 6.33. The first-order chi connectivity index (χ1) is 9.02. The second kappa shape index (κ2) is 5.61. The van der Waals surface area contributed by atoms with Crippen LogP contribution < -0.4 is 5.32 Å². The molecule has 7 heteroatoms. The largest absolute Gasteiger partial charge is 0.481 e. The summed E-state index contributed by atoms with van der Waals surface area (Å²) < 4.78 is 0. The van der Waals surface area contributed by atoms with Gasteiger partial charge in [-0.3, -0.25) is 14.7 Å². The molecule has 1 saturated carbocycles. The maximum atomic E-state index is 12.1. The van der Waals surface area contributed by atoms with Crippen molar-refractivity contribution in [1.82, 2.24) is 15.5 Å². The zero-order valence-electron chi connectivity index (χ0n) is 10.4. The molecule has 1 aromatic rings. The number of aromatic amines is 1. The Morgan fingerprint density at radius 1 is 1.42 bits per heavy atom. The van der Waals surface area contributed by atoms with Gasteiger partial charge in [0.1, 0.15) is 5.69 Å². The molecule has 0 bridgehead atoms. The molecule has 0 unspecified atom stereocenters. The molecule has 0 aliphatic heterocycles. The predicted molar refractivity (Wildman–Crippen MR) is 69.1 cm³/mol. The molecular weight excluding hydrogens is 270 g/mol. The van der Waals surface area contributed by atoms with Crippen LogP contribution in [0, 0.1) is 0 Å². The molecule has 1 heterocycles. The molecule has 0 saturated heterocycles. The van der Waals surface area contributed by atoms with Gasteiger partial charge in [-0.25, -0.2) is 0 Å². The maximum Gasteiger partial charge on any atom is 0.305 e. The summed E-state index contributed by atoms with van der Waals surface area (Å²) in [5, 5.41) is 18.3. The van der Waals surface area contributed by atoms with Crippen LogP contribution in [0.25, 0.3) is 0 Å². The first-order valence-corrected chi connectivity index (χ1v) is 6.63. The standard InChI is InChI=1S/C12H16ClN3O3/c13-8-7-14-16-10(8)11(19)15-12(6-9(17)18)4-2-1-3-5-12/h7H,1-6H2,(H,14,16)(H,15,19)(H,17,18). The Balaban J connectivity index is 2.14. The summed E-state index contributed by atoms with van der Waals surface area (Å²) in [5.74, 6) is -1.30. The monoisotopic (exact) mass is 285 g/mol. The van der Waals surface area contributed by atoms with Crippen molar-refractivity contribution in [2.75, 3.05) is 0 Å². The van der Waals surface area contributed by atoms with Gasteiger partial charge in [0, 0.05) is 0 Å². The van der Waals surface area contributed by atoms with Crippen molar-refractivity contribution in [3.05, 3.63) is 16.9 Å². The van der Waals surface area contributed by atoms with Gasteiger partial charge in [-0.05, 0) is 12.8 Å². The number of nitrogens with zero attached hydrogens (tertiary/aromatic N) is 1. The molecule has 1 aromatic heterocycles. The van der Waals surface area contributed by atoms with Crippen LogP contribution in [0.15, 0.2) is 6.20 Å². The summed E-state index contributed by atoms with van der Waals surface area (Å²) >= 11 is 5.83. The molecule has 1 fully saturated rings. The molecule has 6 nitrogen and oxygen atoms in total. The molecule has 0 atom stereocenters. The Hall–Kier alpha value is -1.56. The van der Waals surface area contributed by atoms with E-state index >= 15 is 0 Å². The molecule has 2 rings (SSSR count). The van der Waals surface area contributed by atoms with Gasteiger partial charge in [0.05, 0.1) is 23.2 Å². The minimum absolute atomic E-state index is 0.0650. The molecule has 19 heavy (non-hydrogen) atoms. The Kier molecular flexibility index (Phi) is 4.09. The number of H-pyrrole nitrogens is 1.